The third-order valence-corrected chi connectivity index (χ3v) is 6.45. The Labute approximate surface area is 205 Å². The molecule has 0 aliphatic carbocycles. The summed E-state index contributed by atoms with van der Waals surface area (Å²) in [5.74, 6) is 0. The zero-order chi connectivity index (χ0) is 24.8. The fourth-order valence-electron chi connectivity index (χ4n) is 3.58. The van der Waals surface area contributed by atoms with Gasteiger partial charge in [-0.05, 0) is 37.2 Å². The summed E-state index contributed by atoms with van der Waals surface area (Å²) in [4.78, 5) is 7.70. The maximum absolute atomic E-state index is 9.19. The summed E-state index contributed by atoms with van der Waals surface area (Å²) in [6.45, 7) is 4.48. The van der Waals surface area contributed by atoms with E-state index in [1.54, 1.807) is 0 Å². The normalized spacial score (nSPS) is 19.0. The molecule has 0 bridgehead atoms. The number of hydrogen-bond donors (Lipinski definition) is 2. The smallest absolute Gasteiger partial charge is 0.261 e. The fraction of sp³-hybridized carbons (Fsp3) is 0.429. The van der Waals surface area contributed by atoms with E-state index >= 15 is 0 Å². The van der Waals surface area contributed by atoms with Gasteiger partial charge in [0.05, 0.1) is 12.5 Å². The Bertz CT molecular complexity index is 1100. The average Bonchev–Trinajstić information content (AvgIpc) is 2.83. The Hall–Kier alpha value is -1.18. The highest BCUT2D eigenvalue weighted by Gasteiger charge is 2.30. The molecule has 0 aromatic heterocycles. The van der Waals surface area contributed by atoms with E-state index in [0.29, 0.717) is 18.6 Å². The van der Waals surface area contributed by atoms with Gasteiger partial charge in [-0.3, -0.25) is 14.0 Å². The summed E-state index contributed by atoms with van der Waals surface area (Å²) in [7, 11) is -5.13. The topological polar surface area (TPSA) is 115 Å². The van der Waals surface area contributed by atoms with E-state index in [0.717, 1.165) is 37.6 Å². The lowest BCUT2D eigenvalue weighted by atomic mass is 9.96. The third kappa shape index (κ3) is 10.3. The molecule has 1 saturated heterocycles. The minimum absolute atomic E-state index is 0.378. The highest BCUT2D eigenvalue weighted by atomic mass is 35.5. The molecule has 2 aromatic carbocycles. The number of piperazine rings is 1. The van der Waals surface area contributed by atoms with Gasteiger partial charge >= 0.3 is 0 Å². The molecule has 0 amide bonds. The van der Waals surface area contributed by atoms with Gasteiger partial charge in [0.25, 0.3) is 20.2 Å². The van der Waals surface area contributed by atoms with Gasteiger partial charge in [-0.15, -0.1) is 0 Å². The van der Waals surface area contributed by atoms with Crippen molar-refractivity contribution in [1.82, 2.24) is 9.80 Å². The number of halogens is 1. The molecule has 0 spiro atoms. The summed E-state index contributed by atoms with van der Waals surface area (Å²) in [5.41, 5.74) is 2.76. The van der Waals surface area contributed by atoms with Gasteiger partial charge in [0.1, 0.15) is 0 Å². The summed E-state index contributed by atoms with van der Waals surface area (Å²) < 4.78 is 51.7. The highest BCUT2D eigenvalue weighted by molar-refractivity contribution is 7.99. The van der Waals surface area contributed by atoms with Crippen molar-refractivity contribution < 1.29 is 25.9 Å². The van der Waals surface area contributed by atoms with E-state index in [1.165, 1.54) is 20.9 Å². The molecule has 0 saturated carbocycles. The van der Waals surface area contributed by atoms with Crippen LogP contribution in [0.5, 0.6) is 0 Å². The number of benzene rings is 2. The largest absolute Gasteiger partial charge is 0.304 e. The zero-order valence-corrected chi connectivity index (χ0v) is 21.9. The van der Waals surface area contributed by atoms with Gasteiger partial charge in [0, 0.05) is 52.6 Å². The molecule has 8 nitrogen and oxygen atoms in total. The summed E-state index contributed by atoms with van der Waals surface area (Å²) in [6.07, 6.45) is 2.48. The number of rotatable bonds is 1. The van der Waals surface area contributed by atoms with E-state index in [9.17, 15) is 16.8 Å². The summed E-state index contributed by atoms with van der Waals surface area (Å²) in [5, 5.41) is 0.909. The van der Waals surface area contributed by atoms with Gasteiger partial charge in [-0.1, -0.05) is 47.6 Å². The minimum atomic E-state index is -3.67. The Morgan fingerprint density at radius 1 is 0.879 bits per heavy atom. The second-order valence-electron chi connectivity index (χ2n) is 7.89. The lowest BCUT2D eigenvalue weighted by Gasteiger charge is -2.38. The van der Waals surface area contributed by atoms with Crippen molar-refractivity contribution in [2.24, 2.45) is 0 Å². The first-order valence-electron chi connectivity index (χ1n) is 10.0. The fourth-order valence-corrected chi connectivity index (χ4v) is 5.10. The Balaban J connectivity index is 0.000000327. The molecule has 2 heterocycles. The molecule has 12 heteroatoms. The second-order valence-corrected chi connectivity index (χ2v) is 12.3. The van der Waals surface area contributed by atoms with Crippen LogP contribution in [0, 0.1) is 0 Å². The van der Waals surface area contributed by atoms with Crippen LogP contribution in [0.15, 0.2) is 52.3 Å². The van der Waals surface area contributed by atoms with Crippen LogP contribution in [-0.4, -0.2) is 81.5 Å². The van der Waals surface area contributed by atoms with Crippen molar-refractivity contribution >= 4 is 43.6 Å². The van der Waals surface area contributed by atoms with E-state index < -0.39 is 20.2 Å². The standard InChI is InChI=1S/C19H21ClN2S.2CH4O3S/c1-21-9-11-22(12-10-21)16-13-14-5-2-3-7-17(14)23-18-8-4-6-15(20)19(16)18;2*1-5(2,3)4/h2-8,16H,9-13H2,1H3;2*1H3,(H,2,3,4). The van der Waals surface area contributed by atoms with Crippen LogP contribution in [0.4, 0.5) is 0 Å². The molecule has 2 N–H and O–H groups in total. The number of fused-ring (bicyclic) bond motifs is 2. The molecule has 0 radical (unpaired) electrons. The van der Waals surface area contributed by atoms with E-state index in [2.05, 4.69) is 53.2 Å². The predicted molar refractivity (Wildman–Crippen MR) is 132 cm³/mol. The van der Waals surface area contributed by atoms with Crippen LogP contribution >= 0.6 is 23.4 Å². The van der Waals surface area contributed by atoms with Crippen molar-refractivity contribution in [1.29, 1.82) is 0 Å². The monoisotopic (exact) mass is 536 g/mol. The van der Waals surface area contributed by atoms with Crippen LogP contribution < -0.4 is 0 Å². The second kappa shape index (κ2) is 12.0. The summed E-state index contributed by atoms with van der Waals surface area (Å²) >= 11 is 8.51. The SMILES string of the molecule is CN1CCN(C2Cc3ccccc3Sc3cccc(Cl)c32)CC1.CS(=O)(=O)O.CS(=O)(=O)O. The molecule has 184 valence electrons. The Morgan fingerprint density at radius 3 is 1.97 bits per heavy atom. The molecule has 2 aromatic rings. The molecular formula is C21H29ClN2O6S3. The van der Waals surface area contributed by atoms with Gasteiger partial charge in [-0.25, -0.2) is 0 Å². The van der Waals surface area contributed by atoms with Crippen LogP contribution in [0.2, 0.25) is 5.02 Å². The lowest BCUT2D eigenvalue weighted by molar-refractivity contribution is 0.110. The van der Waals surface area contributed by atoms with Gasteiger partial charge in [0.2, 0.25) is 0 Å². The van der Waals surface area contributed by atoms with E-state index in [-0.39, 0.29) is 0 Å². The molecule has 1 unspecified atom stereocenters. The van der Waals surface area contributed by atoms with Crippen molar-refractivity contribution in [3.8, 4) is 0 Å². The van der Waals surface area contributed by atoms with Crippen LogP contribution in [0.1, 0.15) is 17.2 Å². The average molecular weight is 537 g/mol. The van der Waals surface area contributed by atoms with E-state index in [4.69, 9.17) is 20.7 Å². The number of likely N-dealkylation sites (N-methyl/N-ethyl adjacent to an activating group) is 1. The lowest BCUT2D eigenvalue weighted by Crippen LogP contribution is -2.46. The Kier molecular flexibility index (Phi) is 10.2. The van der Waals surface area contributed by atoms with Gasteiger partial charge < -0.3 is 4.90 Å². The predicted octanol–water partition coefficient (Wildman–Crippen LogP) is 3.34. The van der Waals surface area contributed by atoms with Crippen LogP contribution in [-0.2, 0) is 26.7 Å². The number of hydrogen-bond acceptors (Lipinski definition) is 7. The Morgan fingerprint density at radius 2 is 1.39 bits per heavy atom. The first kappa shape index (κ1) is 28.1. The third-order valence-electron chi connectivity index (χ3n) is 4.93. The first-order chi connectivity index (χ1) is 15.2. The molecule has 2 aliphatic rings. The van der Waals surface area contributed by atoms with E-state index in [1.807, 2.05) is 17.8 Å². The minimum Gasteiger partial charge on any atom is -0.304 e. The maximum Gasteiger partial charge on any atom is 0.261 e. The molecule has 33 heavy (non-hydrogen) atoms. The first-order valence-corrected chi connectivity index (χ1v) is 14.9. The molecule has 1 atom stereocenters. The van der Waals surface area contributed by atoms with Crippen LogP contribution in [0.25, 0.3) is 0 Å². The number of nitrogens with zero attached hydrogens (tertiary/aromatic N) is 2. The van der Waals surface area contributed by atoms with Crippen molar-refractivity contribution in [2.45, 2.75) is 22.3 Å². The molecular weight excluding hydrogens is 508 g/mol. The van der Waals surface area contributed by atoms with Gasteiger partial charge in [-0.2, -0.15) is 16.8 Å². The van der Waals surface area contributed by atoms with Crippen molar-refractivity contribution in [2.75, 3.05) is 45.7 Å². The van der Waals surface area contributed by atoms with Crippen LogP contribution in [0.3, 0.4) is 0 Å². The highest BCUT2D eigenvalue weighted by Crippen LogP contribution is 2.45. The van der Waals surface area contributed by atoms with Crippen molar-refractivity contribution in [3.05, 3.63) is 58.6 Å². The maximum atomic E-state index is 9.19. The molecule has 4 rings (SSSR count). The van der Waals surface area contributed by atoms with Crippen molar-refractivity contribution in [3.63, 3.8) is 0 Å². The summed E-state index contributed by atoms with van der Waals surface area (Å²) in [6, 6.07) is 15.5. The van der Waals surface area contributed by atoms with Gasteiger partial charge in [0.15, 0.2) is 0 Å². The quantitative estimate of drug-likeness (QED) is 0.529. The molecule has 1 fully saturated rings. The zero-order valence-electron chi connectivity index (χ0n) is 18.7. The molecule has 2 aliphatic heterocycles.